The van der Waals surface area contributed by atoms with Gasteiger partial charge in [-0.2, -0.15) is 0 Å². The monoisotopic (exact) mass is 204 g/mol. The molecule has 82 valence electrons. The Morgan fingerprint density at radius 2 is 1.50 bits per heavy atom. The Balaban J connectivity index is 5.39. The largest absolute Gasteiger partial charge is 0.481 e. The van der Waals surface area contributed by atoms with Gasteiger partial charge in [0.15, 0.2) is 0 Å². The lowest BCUT2D eigenvalue weighted by Gasteiger charge is -2.38. The summed E-state index contributed by atoms with van der Waals surface area (Å²) in [4.78, 5) is 22.2. The number of aliphatic carboxylic acids is 1. The van der Waals surface area contributed by atoms with Crippen molar-refractivity contribution in [1.29, 1.82) is 0 Å². The van der Waals surface area contributed by atoms with Gasteiger partial charge in [-0.05, 0) is 6.92 Å². The third-order valence-corrected chi connectivity index (χ3v) is 3.03. The van der Waals surface area contributed by atoms with Crippen molar-refractivity contribution in [3.05, 3.63) is 0 Å². The van der Waals surface area contributed by atoms with Crippen LogP contribution in [0.25, 0.3) is 0 Å². The standard InChI is InChI=1S/C9H16O5/c1-6(12)8(2,3)9(4-10,5-11)7(13)14/h10-11H,4-5H2,1-3H3,(H,13,14). The molecule has 0 heterocycles. The predicted molar refractivity (Wildman–Crippen MR) is 48.7 cm³/mol. The molecule has 0 aliphatic heterocycles. The number of aliphatic hydroxyl groups excluding tert-OH is 2. The minimum absolute atomic E-state index is 0.386. The summed E-state index contributed by atoms with van der Waals surface area (Å²) in [6.07, 6.45) is 0. The fourth-order valence-electron chi connectivity index (χ4n) is 1.18. The molecule has 0 aliphatic rings. The Morgan fingerprint density at radius 1 is 1.14 bits per heavy atom. The van der Waals surface area contributed by atoms with Gasteiger partial charge in [-0.1, -0.05) is 13.8 Å². The number of carbonyl (C=O) groups excluding carboxylic acids is 1. The van der Waals surface area contributed by atoms with Crippen LogP contribution in [-0.2, 0) is 9.59 Å². The predicted octanol–water partition coefficient (Wildman–Crippen LogP) is -0.343. The minimum atomic E-state index is -1.82. The van der Waals surface area contributed by atoms with E-state index in [4.69, 9.17) is 15.3 Å². The average Bonchev–Trinajstić information content (AvgIpc) is 2.05. The number of carboxylic acid groups (broad SMARTS) is 1. The van der Waals surface area contributed by atoms with Crippen LogP contribution in [0.5, 0.6) is 0 Å². The summed E-state index contributed by atoms with van der Waals surface area (Å²) >= 11 is 0. The van der Waals surface area contributed by atoms with Crippen LogP contribution >= 0.6 is 0 Å². The van der Waals surface area contributed by atoms with Gasteiger partial charge >= 0.3 is 5.97 Å². The first-order valence-electron chi connectivity index (χ1n) is 4.22. The van der Waals surface area contributed by atoms with Crippen LogP contribution in [0.1, 0.15) is 20.8 Å². The molecule has 0 aromatic heterocycles. The molecular weight excluding hydrogens is 188 g/mol. The van der Waals surface area contributed by atoms with E-state index in [1.807, 2.05) is 0 Å². The third-order valence-electron chi connectivity index (χ3n) is 3.03. The summed E-state index contributed by atoms with van der Waals surface area (Å²) < 4.78 is 0. The van der Waals surface area contributed by atoms with Crippen LogP contribution in [0.3, 0.4) is 0 Å². The molecule has 0 saturated carbocycles. The van der Waals surface area contributed by atoms with Gasteiger partial charge in [0.05, 0.1) is 13.2 Å². The summed E-state index contributed by atoms with van der Waals surface area (Å²) in [5.74, 6) is -1.76. The first kappa shape index (κ1) is 13.1. The van der Waals surface area contributed by atoms with E-state index in [2.05, 4.69) is 0 Å². The second-order valence-corrected chi connectivity index (χ2v) is 3.88. The Morgan fingerprint density at radius 3 is 1.57 bits per heavy atom. The molecule has 0 radical (unpaired) electrons. The summed E-state index contributed by atoms with van der Waals surface area (Å²) in [6, 6.07) is 0. The van der Waals surface area contributed by atoms with Gasteiger partial charge in [-0.15, -0.1) is 0 Å². The van der Waals surface area contributed by atoms with Crippen molar-refractivity contribution in [2.45, 2.75) is 20.8 Å². The summed E-state index contributed by atoms with van der Waals surface area (Å²) in [5, 5.41) is 27.0. The van der Waals surface area contributed by atoms with E-state index in [0.29, 0.717) is 0 Å². The lowest BCUT2D eigenvalue weighted by molar-refractivity contribution is -0.170. The van der Waals surface area contributed by atoms with Gasteiger partial charge in [0.2, 0.25) is 0 Å². The molecule has 0 atom stereocenters. The number of aliphatic hydroxyl groups is 2. The molecule has 5 nitrogen and oxygen atoms in total. The molecule has 3 N–H and O–H groups in total. The van der Waals surface area contributed by atoms with E-state index in [-0.39, 0.29) is 5.78 Å². The minimum Gasteiger partial charge on any atom is -0.481 e. The van der Waals surface area contributed by atoms with Crippen molar-refractivity contribution in [2.75, 3.05) is 13.2 Å². The molecule has 0 saturated heterocycles. The van der Waals surface area contributed by atoms with E-state index in [0.717, 1.165) is 0 Å². The van der Waals surface area contributed by atoms with Gasteiger partial charge in [0.25, 0.3) is 0 Å². The maximum absolute atomic E-state index is 11.2. The van der Waals surface area contributed by atoms with Crippen LogP contribution in [0.2, 0.25) is 0 Å². The number of ketones is 1. The van der Waals surface area contributed by atoms with Crippen molar-refractivity contribution in [2.24, 2.45) is 10.8 Å². The zero-order valence-corrected chi connectivity index (χ0v) is 8.57. The highest BCUT2D eigenvalue weighted by Crippen LogP contribution is 2.39. The normalized spacial score (nSPS) is 12.6. The first-order valence-corrected chi connectivity index (χ1v) is 4.22. The zero-order valence-electron chi connectivity index (χ0n) is 8.57. The number of carboxylic acids is 1. The SMILES string of the molecule is CC(=O)C(C)(C)C(CO)(CO)C(=O)O. The number of hydrogen-bond acceptors (Lipinski definition) is 4. The van der Waals surface area contributed by atoms with Gasteiger partial charge in [-0.25, -0.2) is 0 Å². The Hall–Kier alpha value is -0.940. The van der Waals surface area contributed by atoms with Crippen molar-refractivity contribution in [3.8, 4) is 0 Å². The van der Waals surface area contributed by atoms with E-state index in [9.17, 15) is 9.59 Å². The Kier molecular flexibility index (Phi) is 3.79. The second kappa shape index (κ2) is 4.06. The number of Topliss-reactive ketones (excluding diaryl/α,β-unsaturated/α-hetero) is 1. The summed E-state index contributed by atoms with van der Waals surface area (Å²) in [5.41, 5.74) is -3.12. The number of rotatable bonds is 5. The first-order chi connectivity index (χ1) is 6.26. The molecule has 14 heavy (non-hydrogen) atoms. The maximum Gasteiger partial charge on any atom is 0.315 e. The second-order valence-electron chi connectivity index (χ2n) is 3.88. The summed E-state index contributed by atoms with van der Waals surface area (Å²) in [7, 11) is 0. The molecule has 0 fully saturated rings. The molecule has 0 aliphatic carbocycles. The van der Waals surface area contributed by atoms with Crippen LogP contribution in [-0.4, -0.2) is 40.3 Å². The molecule has 0 aromatic carbocycles. The molecule has 0 amide bonds. The molecular formula is C9H16O5. The van der Waals surface area contributed by atoms with E-state index >= 15 is 0 Å². The highest BCUT2D eigenvalue weighted by molar-refractivity contribution is 5.90. The quantitative estimate of drug-likeness (QED) is 0.569. The van der Waals surface area contributed by atoms with Crippen LogP contribution in [0, 0.1) is 10.8 Å². The molecule has 0 unspecified atom stereocenters. The van der Waals surface area contributed by atoms with Crippen molar-refractivity contribution >= 4 is 11.8 Å². The van der Waals surface area contributed by atoms with Crippen molar-refractivity contribution in [1.82, 2.24) is 0 Å². The third kappa shape index (κ3) is 1.65. The molecule has 5 heteroatoms. The highest BCUT2D eigenvalue weighted by Gasteiger charge is 2.53. The van der Waals surface area contributed by atoms with E-state index in [1.54, 1.807) is 0 Å². The van der Waals surface area contributed by atoms with Gasteiger partial charge < -0.3 is 15.3 Å². The molecule has 0 bridgehead atoms. The molecule has 0 rings (SSSR count). The highest BCUT2D eigenvalue weighted by atomic mass is 16.4. The summed E-state index contributed by atoms with van der Waals surface area (Å²) in [6.45, 7) is 2.49. The maximum atomic E-state index is 11.2. The van der Waals surface area contributed by atoms with E-state index in [1.165, 1.54) is 20.8 Å². The van der Waals surface area contributed by atoms with Crippen LogP contribution < -0.4 is 0 Å². The fourth-order valence-corrected chi connectivity index (χ4v) is 1.18. The van der Waals surface area contributed by atoms with Crippen molar-refractivity contribution < 1.29 is 24.9 Å². The number of hydrogen-bond donors (Lipinski definition) is 3. The molecule has 0 spiro atoms. The Bertz CT molecular complexity index is 240. The van der Waals surface area contributed by atoms with Gasteiger partial charge in [0, 0.05) is 5.41 Å². The number of carbonyl (C=O) groups is 2. The smallest absolute Gasteiger partial charge is 0.315 e. The Labute approximate surface area is 82.4 Å². The lowest BCUT2D eigenvalue weighted by atomic mass is 9.64. The van der Waals surface area contributed by atoms with E-state index < -0.39 is 30.0 Å². The van der Waals surface area contributed by atoms with Gasteiger partial charge in [-0.3, -0.25) is 9.59 Å². The van der Waals surface area contributed by atoms with Crippen molar-refractivity contribution in [3.63, 3.8) is 0 Å². The average molecular weight is 204 g/mol. The lowest BCUT2D eigenvalue weighted by Crippen LogP contribution is -2.53. The zero-order chi connectivity index (χ0) is 11.6. The topological polar surface area (TPSA) is 94.8 Å². The molecule has 0 aromatic rings. The van der Waals surface area contributed by atoms with Crippen LogP contribution in [0.15, 0.2) is 0 Å². The fraction of sp³-hybridized carbons (Fsp3) is 0.778. The van der Waals surface area contributed by atoms with Crippen LogP contribution in [0.4, 0.5) is 0 Å². The van der Waals surface area contributed by atoms with Gasteiger partial charge in [0.1, 0.15) is 11.2 Å².